The number of rotatable bonds is 5. The molecule has 0 radical (unpaired) electrons. The molecule has 1 aromatic heterocycles. The van der Waals surface area contributed by atoms with Gasteiger partial charge < -0.3 is 4.74 Å². The molecule has 6 nitrogen and oxygen atoms in total. The van der Waals surface area contributed by atoms with Crippen LogP contribution in [-0.2, 0) is 4.79 Å². The predicted octanol–water partition coefficient (Wildman–Crippen LogP) is 4.87. The number of hydrogen-bond acceptors (Lipinski definition) is 7. The Kier molecular flexibility index (Phi) is 5.25. The number of carbonyl (C=O) groups is 1. The molecule has 0 N–H and O–H groups in total. The zero-order chi connectivity index (χ0) is 21.3. The summed E-state index contributed by atoms with van der Waals surface area (Å²) in [5.41, 5.74) is 2.91. The van der Waals surface area contributed by atoms with Crippen LogP contribution in [0, 0.1) is 0 Å². The summed E-state index contributed by atoms with van der Waals surface area (Å²) >= 11 is 3.07. The summed E-state index contributed by atoms with van der Waals surface area (Å²) in [5.74, 6) is 1.27. The van der Waals surface area contributed by atoms with Crippen LogP contribution in [0.3, 0.4) is 0 Å². The normalized spacial score (nSPS) is 20.8. The number of para-hydroxylation sites is 1. The van der Waals surface area contributed by atoms with Gasteiger partial charge in [0.15, 0.2) is 10.1 Å². The smallest absolute Gasteiger partial charge is 0.241 e. The van der Waals surface area contributed by atoms with E-state index in [-0.39, 0.29) is 5.91 Å². The van der Waals surface area contributed by atoms with E-state index in [4.69, 9.17) is 9.84 Å². The molecule has 1 unspecified atom stereocenters. The van der Waals surface area contributed by atoms with E-state index in [0.29, 0.717) is 17.3 Å². The third-order valence-electron chi connectivity index (χ3n) is 5.19. The average molecular weight is 449 g/mol. The van der Waals surface area contributed by atoms with E-state index in [1.54, 1.807) is 25.1 Å². The fraction of sp³-hybridized carbons (Fsp3) is 0.174. The molecule has 2 aromatic carbocycles. The Morgan fingerprint density at radius 3 is 2.61 bits per heavy atom. The van der Waals surface area contributed by atoms with Crippen molar-refractivity contribution >= 4 is 51.6 Å². The number of nitrogens with zero attached hydrogens (tertiary/aromatic N) is 4. The zero-order valence-electron chi connectivity index (χ0n) is 16.8. The fourth-order valence-electron chi connectivity index (χ4n) is 3.75. The van der Waals surface area contributed by atoms with E-state index in [1.807, 2.05) is 82.0 Å². The van der Waals surface area contributed by atoms with Gasteiger partial charge in [0, 0.05) is 18.0 Å². The van der Waals surface area contributed by atoms with Crippen LogP contribution in [0.5, 0.6) is 5.75 Å². The van der Waals surface area contributed by atoms with Crippen molar-refractivity contribution in [1.29, 1.82) is 0 Å². The van der Waals surface area contributed by atoms with Crippen molar-refractivity contribution in [1.82, 2.24) is 4.98 Å². The van der Waals surface area contributed by atoms with Crippen LogP contribution in [0.2, 0.25) is 0 Å². The zero-order valence-corrected chi connectivity index (χ0v) is 18.5. The number of hydrogen-bond donors (Lipinski definition) is 0. The SMILES string of the molecule is COc1ccc(/C=C/C2=NN(c3ccccc3)C3(C2)SCC(=O)N3c2nccs2)cc1. The molecule has 0 bridgehead atoms. The Labute approximate surface area is 188 Å². The van der Waals surface area contributed by atoms with Gasteiger partial charge in [-0.2, -0.15) is 5.10 Å². The summed E-state index contributed by atoms with van der Waals surface area (Å²) in [7, 11) is 1.66. The molecule has 31 heavy (non-hydrogen) atoms. The van der Waals surface area contributed by atoms with E-state index in [9.17, 15) is 4.79 Å². The average Bonchev–Trinajstić information content (AvgIpc) is 3.53. The lowest BCUT2D eigenvalue weighted by Crippen LogP contribution is -2.53. The molecule has 1 amide bonds. The van der Waals surface area contributed by atoms with Gasteiger partial charge in [-0.1, -0.05) is 48.2 Å². The fourth-order valence-corrected chi connectivity index (χ4v) is 5.85. The highest BCUT2D eigenvalue weighted by Gasteiger charge is 2.56. The van der Waals surface area contributed by atoms with Crippen LogP contribution >= 0.6 is 23.1 Å². The van der Waals surface area contributed by atoms with Crippen LogP contribution in [0.25, 0.3) is 6.08 Å². The van der Waals surface area contributed by atoms with Crippen LogP contribution in [-0.4, -0.2) is 34.5 Å². The van der Waals surface area contributed by atoms with Crippen LogP contribution in [0.4, 0.5) is 10.8 Å². The Bertz CT molecular complexity index is 1130. The third-order valence-corrected chi connectivity index (χ3v) is 7.30. The first kappa shape index (κ1) is 19.8. The number of allylic oxidation sites excluding steroid dienone is 1. The Hall–Kier alpha value is -3.10. The van der Waals surface area contributed by atoms with Gasteiger partial charge in [0.1, 0.15) is 5.75 Å². The van der Waals surface area contributed by atoms with Gasteiger partial charge in [-0.3, -0.25) is 9.69 Å². The molecule has 156 valence electrons. The van der Waals surface area contributed by atoms with Crippen molar-refractivity contribution in [2.24, 2.45) is 5.10 Å². The Morgan fingerprint density at radius 2 is 1.90 bits per heavy atom. The van der Waals surface area contributed by atoms with E-state index in [1.165, 1.54) is 11.3 Å². The molecule has 0 saturated carbocycles. The number of methoxy groups -OCH3 is 1. The van der Waals surface area contributed by atoms with E-state index in [2.05, 4.69) is 4.98 Å². The van der Waals surface area contributed by atoms with Gasteiger partial charge in [0.25, 0.3) is 0 Å². The van der Waals surface area contributed by atoms with Gasteiger partial charge in [-0.15, -0.1) is 11.3 Å². The monoisotopic (exact) mass is 448 g/mol. The first-order valence-electron chi connectivity index (χ1n) is 9.81. The lowest BCUT2D eigenvalue weighted by atomic mass is 10.1. The summed E-state index contributed by atoms with van der Waals surface area (Å²) < 4.78 is 5.23. The van der Waals surface area contributed by atoms with Crippen molar-refractivity contribution in [2.75, 3.05) is 22.8 Å². The number of aromatic nitrogens is 1. The summed E-state index contributed by atoms with van der Waals surface area (Å²) in [6.45, 7) is 0. The second kappa shape index (κ2) is 8.20. The maximum atomic E-state index is 12.9. The third kappa shape index (κ3) is 3.62. The second-order valence-electron chi connectivity index (χ2n) is 7.10. The molecule has 5 rings (SSSR count). The molecule has 1 spiro atoms. The molecule has 1 atom stereocenters. The van der Waals surface area contributed by atoms with Crippen LogP contribution in [0.15, 0.2) is 77.4 Å². The van der Waals surface area contributed by atoms with Crippen molar-refractivity contribution in [3.63, 3.8) is 0 Å². The number of ether oxygens (including phenoxy) is 1. The minimum absolute atomic E-state index is 0.0523. The number of anilines is 2. The summed E-state index contributed by atoms with van der Waals surface area (Å²) in [5, 5.41) is 9.50. The molecule has 1 saturated heterocycles. The first-order valence-corrected chi connectivity index (χ1v) is 11.7. The van der Waals surface area contributed by atoms with Crippen molar-refractivity contribution in [3.05, 3.63) is 77.8 Å². The van der Waals surface area contributed by atoms with Gasteiger partial charge in [0.05, 0.1) is 24.3 Å². The molecule has 8 heteroatoms. The number of thioether (sulfide) groups is 1. The predicted molar refractivity (Wildman–Crippen MR) is 128 cm³/mol. The Balaban J connectivity index is 1.51. The summed E-state index contributed by atoms with van der Waals surface area (Å²) in [6, 6.07) is 17.9. The quantitative estimate of drug-likeness (QED) is 0.558. The highest BCUT2D eigenvalue weighted by molar-refractivity contribution is 8.02. The maximum Gasteiger partial charge on any atom is 0.241 e. The minimum atomic E-state index is -0.657. The minimum Gasteiger partial charge on any atom is -0.497 e. The lowest BCUT2D eigenvalue weighted by Gasteiger charge is -2.38. The van der Waals surface area contributed by atoms with Gasteiger partial charge >= 0.3 is 0 Å². The molecule has 1 fully saturated rings. The maximum absolute atomic E-state index is 12.9. The van der Waals surface area contributed by atoms with Crippen LogP contribution < -0.4 is 14.6 Å². The molecule has 3 aromatic rings. The standard InChI is InChI=1S/C23H20N4O2S2/c1-29-20-11-8-17(9-12-20)7-10-18-15-23(27(25-18)19-5-3-2-4-6-19)26(21(28)16-31-23)22-24-13-14-30-22/h2-14H,15-16H2,1H3/b10-7+. The van der Waals surface area contributed by atoms with Crippen molar-refractivity contribution in [3.8, 4) is 5.75 Å². The van der Waals surface area contributed by atoms with Crippen molar-refractivity contribution < 1.29 is 9.53 Å². The largest absolute Gasteiger partial charge is 0.497 e. The van der Waals surface area contributed by atoms with Crippen LogP contribution in [0.1, 0.15) is 12.0 Å². The van der Waals surface area contributed by atoms with Gasteiger partial charge in [-0.05, 0) is 35.9 Å². The number of amides is 1. The second-order valence-corrected chi connectivity index (χ2v) is 9.20. The number of carbonyl (C=O) groups excluding carboxylic acids is 1. The number of hydrazone groups is 1. The highest BCUT2D eigenvalue weighted by Crippen LogP contribution is 2.50. The van der Waals surface area contributed by atoms with Gasteiger partial charge in [-0.25, -0.2) is 9.99 Å². The lowest BCUT2D eigenvalue weighted by molar-refractivity contribution is -0.116. The highest BCUT2D eigenvalue weighted by atomic mass is 32.2. The Morgan fingerprint density at radius 1 is 1.10 bits per heavy atom. The summed E-state index contributed by atoms with van der Waals surface area (Å²) in [6.07, 6.45) is 6.40. The molecule has 2 aliphatic heterocycles. The van der Waals surface area contributed by atoms with Gasteiger partial charge in [0.2, 0.25) is 5.91 Å². The molecule has 2 aliphatic rings. The first-order chi connectivity index (χ1) is 15.2. The molecule has 3 heterocycles. The summed E-state index contributed by atoms with van der Waals surface area (Å²) in [4.78, 5) is 18.5. The van der Waals surface area contributed by atoms with E-state index in [0.717, 1.165) is 22.7 Å². The van der Waals surface area contributed by atoms with E-state index >= 15 is 0 Å². The van der Waals surface area contributed by atoms with Crippen molar-refractivity contribution in [2.45, 2.75) is 11.4 Å². The van der Waals surface area contributed by atoms with E-state index < -0.39 is 4.99 Å². The molecular weight excluding hydrogens is 428 g/mol. The number of thiazole rings is 1. The molecule has 0 aliphatic carbocycles. The molecular formula is C23H20N4O2S2. The topological polar surface area (TPSA) is 58.0 Å². The number of benzene rings is 2.